The van der Waals surface area contributed by atoms with Crippen molar-refractivity contribution in [1.82, 2.24) is 10.6 Å². The van der Waals surface area contributed by atoms with Gasteiger partial charge in [0.15, 0.2) is 0 Å². The Balaban J connectivity index is 0.000000443. The molecule has 0 fully saturated rings. The Labute approximate surface area is 185 Å². The quantitative estimate of drug-likeness (QED) is 0.402. The first kappa shape index (κ1) is 24.3. The summed E-state index contributed by atoms with van der Waals surface area (Å²) >= 11 is 19.1. The van der Waals surface area contributed by atoms with Crippen molar-refractivity contribution in [3.05, 3.63) is 71.8 Å². The molecule has 2 aromatic rings. The molecule has 0 aliphatic carbocycles. The summed E-state index contributed by atoms with van der Waals surface area (Å²) in [6.45, 7) is 4.07. The molecule has 25 heavy (non-hydrogen) atoms. The molecule has 2 N–H and O–H groups in total. The molecule has 2 unspecified atom stereocenters. The van der Waals surface area contributed by atoms with Gasteiger partial charge in [-0.3, -0.25) is 0 Å². The van der Waals surface area contributed by atoms with Crippen molar-refractivity contribution < 1.29 is 19.5 Å². The maximum absolute atomic E-state index is 4.78. The molecule has 2 atom stereocenters. The summed E-state index contributed by atoms with van der Waals surface area (Å²) in [5.74, 6) is 0. The summed E-state index contributed by atoms with van der Waals surface area (Å²) in [7, 11) is 0. The molecule has 7 heteroatoms. The van der Waals surface area contributed by atoms with Crippen LogP contribution in [0, 0.1) is 0 Å². The van der Waals surface area contributed by atoms with Gasteiger partial charge in [-0.25, -0.2) is 0 Å². The largest absolute Gasteiger partial charge is 2.00 e. The zero-order valence-corrected chi connectivity index (χ0v) is 20.5. The second-order valence-corrected chi connectivity index (χ2v) is 7.28. The van der Waals surface area contributed by atoms with Gasteiger partial charge in [-0.2, -0.15) is 0 Å². The van der Waals surface area contributed by atoms with E-state index in [0.29, 0.717) is 8.64 Å². The number of nitrogens with one attached hydrogen (secondary N) is 2. The van der Waals surface area contributed by atoms with Crippen LogP contribution >= 0.6 is 24.4 Å². The van der Waals surface area contributed by atoms with E-state index in [2.05, 4.69) is 10.6 Å². The molecule has 2 rings (SSSR count). The van der Waals surface area contributed by atoms with Crippen molar-refractivity contribution in [1.29, 1.82) is 0 Å². The second-order valence-electron chi connectivity index (χ2n) is 5.13. The number of hydrogen-bond donors (Lipinski definition) is 2. The molecular weight excluding hydrogens is 438 g/mol. The van der Waals surface area contributed by atoms with E-state index in [0.717, 1.165) is 0 Å². The predicted molar refractivity (Wildman–Crippen MR) is 116 cm³/mol. The Morgan fingerprint density at radius 3 is 1.24 bits per heavy atom. The Morgan fingerprint density at radius 2 is 1.00 bits per heavy atom. The van der Waals surface area contributed by atoms with E-state index < -0.39 is 0 Å². The third-order valence-corrected chi connectivity index (χ3v) is 3.74. The minimum absolute atomic E-state index is 0. The fourth-order valence-corrected chi connectivity index (χ4v) is 2.71. The molecule has 0 aliphatic heterocycles. The molecule has 0 saturated carbocycles. The summed E-state index contributed by atoms with van der Waals surface area (Å²) in [5, 5.41) is 6.01. The van der Waals surface area contributed by atoms with Gasteiger partial charge in [0.05, 0.1) is 0 Å². The van der Waals surface area contributed by atoms with E-state index in [-0.39, 0.29) is 31.6 Å². The Kier molecular flexibility index (Phi) is 13.1. The Bertz CT molecular complexity index is 581. The van der Waals surface area contributed by atoms with E-state index in [1.165, 1.54) is 11.1 Å². The van der Waals surface area contributed by atoms with Gasteiger partial charge in [0.2, 0.25) is 0 Å². The van der Waals surface area contributed by atoms with Gasteiger partial charge in [0, 0.05) is 12.1 Å². The monoisotopic (exact) mass is 456 g/mol. The van der Waals surface area contributed by atoms with Crippen LogP contribution in [-0.2, 0) is 44.7 Å². The topological polar surface area (TPSA) is 24.1 Å². The van der Waals surface area contributed by atoms with Crippen LogP contribution in [-0.4, -0.2) is 8.64 Å². The van der Waals surface area contributed by atoms with Crippen LogP contribution in [0.2, 0.25) is 0 Å². The van der Waals surface area contributed by atoms with Gasteiger partial charge in [-0.15, -0.1) is 0 Å². The van der Waals surface area contributed by atoms with E-state index in [9.17, 15) is 0 Å². The molecule has 0 radical (unpaired) electrons. The molecule has 0 bridgehead atoms. The van der Waals surface area contributed by atoms with Crippen molar-refractivity contribution in [2.45, 2.75) is 25.9 Å². The van der Waals surface area contributed by atoms with Crippen molar-refractivity contribution >= 4 is 58.3 Å². The molecule has 0 aliphatic rings. The summed E-state index contributed by atoms with van der Waals surface area (Å²) in [4.78, 5) is 0. The average Bonchev–Trinajstić information content (AvgIpc) is 2.56. The van der Waals surface area contributed by atoms with Crippen LogP contribution in [0.5, 0.6) is 0 Å². The van der Waals surface area contributed by atoms with Crippen LogP contribution in [0.1, 0.15) is 37.1 Å². The minimum Gasteiger partial charge on any atom is -0.412 e. The molecule has 0 heterocycles. The van der Waals surface area contributed by atoms with Crippen LogP contribution in [0.4, 0.5) is 0 Å². The first-order valence-corrected chi connectivity index (χ1v) is 9.08. The smallest absolute Gasteiger partial charge is 0.412 e. The van der Waals surface area contributed by atoms with Gasteiger partial charge in [0.1, 0.15) is 0 Å². The molecule has 0 aromatic heterocycles. The van der Waals surface area contributed by atoms with Gasteiger partial charge in [0.25, 0.3) is 0 Å². The van der Waals surface area contributed by atoms with Gasteiger partial charge in [-0.05, 0) is 25.0 Å². The van der Waals surface area contributed by atoms with Crippen molar-refractivity contribution in [2.75, 3.05) is 0 Å². The second kappa shape index (κ2) is 13.5. The molecule has 0 spiro atoms. The molecule has 2 nitrogen and oxygen atoms in total. The number of benzene rings is 2. The number of rotatable bonds is 4. The van der Waals surface area contributed by atoms with Crippen molar-refractivity contribution in [2.24, 2.45) is 0 Å². The SMILES string of the molecule is CC(NC(=S)[S-])c1ccccc1.CC(NC(=S)[S-])c1ccccc1.[Zn+2]. The van der Waals surface area contributed by atoms with Crippen LogP contribution in [0.25, 0.3) is 0 Å². The van der Waals surface area contributed by atoms with Crippen LogP contribution < -0.4 is 10.6 Å². The van der Waals surface area contributed by atoms with Crippen molar-refractivity contribution in [3.63, 3.8) is 0 Å². The standard InChI is InChI=1S/2C9H11NS2.Zn/c2*1-7(10-9(11)12)8-5-3-2-4-6-8;/h2*2-7H,1H3,(H2,10,11,12);/q;;+2/p-2. The third-order valence-electron chi connectivity index (χ3n) is 3.27. The van der Waals surface area contributed by atoms with Gasteiger partial charge < -0.3 is 60.3 Å². The first-order chi connectivity index (χ1) is 11.4. The molecular formula is C18H20N2S4Zn. The average molecular weight is 458 g/mol. The number of thiocarbonyl (C=S) groups is 2. The maximum Gasteiger partial charge on any atom is 2.00 e. The van der Waals surface area contributed by atoms with E-state index >= 15 is 0 Å². The normalized spacial score (nSPS) is 11.6. The number of hydrogen-bond acceptors (Lipinski definition) is 4. The molecule has 0 saturated heterocycles. The summed E-state index contributed by atoms with van der Waals surface area (Å²) in [6.07, 6.45) is 0. The molecule has 2 aromatic carbocycles. The first-order valence-electron chi connectivity index (χ1n) is 7.45. The fourth-order valence-electron chi connectivity index (χ4n) is 2.00. The molecule has 128 valence electrons. The maximum atomic E-state index is 4.78. The summed E-state index contributed by atoms with van der Waals surface area (Å²) in [6, 6.07) is 20.6. The zero-order chi connectivity index (χ0) is 17.9. The summed E-state index contributed by atoms with van der Waals surface area (Å²) in [5.41, 5.74) is 2.40. The Hall–Kier alpha value is -0.717. The zero-order valence-electron chi connectivity index (χ0n) is 14.3. The third kappa shape index (κ3) is 10.8. The van der Waals surface area contributed by atoms with Crippen molar-refractivity contribution in [3.8, 4) is 0 Å². The van der Waals surface area contributed by atoms with E-state index in [1.807, 2.05) is 74.5 Å². The van der Waals surface area contributed by atoms with Gasteiger partial charge in [-0.1, -0.05) is 69.3 Å². The van der Waals surface area contributed by atoms with Gasteiger partial charge >= 0.3 is 19.5 Å². The molecule has 0 amide bonds. The van der Waals surface area contributed by atoms with E-state index in [4.69, 9.17) is 49.7 Å². The summed E-state index contributed by atoms with van der Waals surface area (Å²) < 4.78 is 0.845. The van der Waals surface area contributed by atoms with Crippen LogP contribution in [0.15, 0.2) is 60.7 Å². The predicted octanol–water partition coefficient (Wildman–Crippen LogP) is 4.34. The fraction of sp³-hybridized carbons (Fsp3) is 0.222. The minimum atomic E-state index is 0. The Morgan fingerprint density at radius 1 is 0.720 bits per heavy atom. The van der Waals surface area contributed by atoms with E-state index in [1.54, 1.807) is 0 Å². The van der Waals surface area contributed by atoms with Crippen LogP contribution in [0.3, 0.4) is 0 Å².